The Labute approximate surface area is 142 Å². The van der Waals surface area contributed by atoms with Gasteiger partial charge in [0.15, 0.2) is 0 Å². The molecule has 0 aromatic heterocycles. The van der Waals surface area contributed by atoms with Gasteiger partial charge in [-0.25, -0.2) is 13.1 Å². The predicted octanol–water partition coefficient (Wildman–Crippen LogP) is 2.10. The molecule has 2 aromatic rings. The first kappa shape index (κ1) is 16.7. The molecule has 1 aliphatic carbocycles. The highest BCUT2D eigenvalue weighted by molar-refractivity contribution is 7.89. The van der Waals surface area contributed by atoms with Gasteiger partial charge >= 0.3 is 0 Å². The van der Waals surface area contributed by atoms with Gasteiger partial charge in [-0.1, -0.05) is 36.4 Å². The van der Waals surface area contributed by atoms with Crippen molar-refractivity contribution in [2.24, 2.45) is 0 Å². The van der Waals surface area contributed by atoms with Crippen LogP contribution < -0.4 is 10.0 Å². The molecule has 0 radical (unpaired) electrons. The molecule has 1 amide bonds. The lowest BCUT2D eigenvalue weighted by Gasteiger charge is -2.09. The smallest absolute Gasteiger partial charge is 0.251 e. The summed E-state index contributed by atoms with van der Waals surface area (Å²) < 4.78 is 27.4. The fraction of sp³-hybridized carbons (Fsp3) is 0.278. The van der Waals surface area contributed by atoms with Gasteiger partial charge in [0.2, 0.25) is 10.0 Å². The molecule has 6 heteroatoms. The zero-order valence-electron chi connectivity index (χ0n) is 13.2. The van der Waals surface area contributed by atoms with Crippen molar-refractivity contribution in [1.82, 2.24) is 10.0 Å². The third-order valence-corrected chi connectivity index (χ3v) is 5.33. The molecule has 0 unspecified atom stereocenters. The van der Waals surface area contributed by atoms with Crippen LogP contribution in [0.5, 0.6) is 0 Å². The zero-order chi connectivity index (χ0) is 17.0. The molecular weight excluding hydrogens is 324 g/mol. The summed E-state index contributed by atoms with van der Waals surface area (Å²) in [4.78, 5) is 12.2. The van der Waals surface area contributed by atoms with Gasteiger partial charge in [-0.2, -0.15) is 0 Å². The van der Waals surface area contributed by atoms with E-state index in [1.165, 1.54) is 12.1 Å². The van der Waals surface area contributed by atoms with E-state index in [2.05, 4.69) is 10.0 Å². The second-order valence-electron chi connectivity index (χ2n) is 5.91. The van der Waals surface area contributed by atoms with Gasteiger partial charge in [-0.05, 0) is 43.0 Å². The first-order chi connectivity index (χ1) is 11.5. The highest BCUT2D eigenvalue weighted by atomic mass is 32.2. The van der Waals surface area contributed by atoms with E-state index in [0.717, 1.165) is 18.4 Å². The summed E-state index contributed by atoms with van der Waals surface area (Å²) >= 11 is 0. The van der Waals surface area contributed by atoms with Crippen LogP contribution in [-0.2, 0) is 16.4 Å². The van der Waals surface area contributed by atoms with Crippen LogP contribution in [0.25, 0.3) is 0 Å². The van der Waals surface area contributed by atoms with Crippen molar-refractivity contribution >= 4 is 15.9 Å². The van der Waals surface area contributed by atoms with E-state index in [0.29, 0.717) is 18.5 Å². The summed E-state index contributed by atoms with van der Waals surface area (Å²) in [7, 11) is -3.63. The van der Waals surface area contributed by atoms with E-state index in [-0.39, 0.29) is 16.8 Å². The molecule has 2 N–H and O–H groups in total. The topological polar surface area (TPSA) is 75.3 Å². The molecule has 0 spiro atoms. The molecule has 0 aliphatic heterocycles. The zero-order valence-corrected chi connectivity index (χ0v) is 14.1. The highest BCUT2D eigenvalue weighted by Gasteiger charge is 2.24. The minimum Gasteiger partial charge on any atom is -0.349 e. The first-order valence-corrected chi connectivity index (χ1v) is 9.47. The number of rotatable bonds is 7. The Kier molecular flexibility index (Phi) is 4.97. The van der Waals surface area contributed by atoms with Crippen molar-refractivity contribution < 1.29 is 13.2 Å². The largest absolute Gasteiger partial charge is 0.349 e. The van der Waals surface area contributed by atoms with Crippen LogP contribution in [-0.4, -0.2) is 26.9 Å². The van der Waals surface area contributed by atoms with Crippen LogP contribution in [0.1, 0.15) is 28.8 Å². The third-order valence-electron chi connectivity index (χ3n) is 3.87. The molecule has 1 saturated carbocycles. The molecule has 1 aliphatic rings. The van der Waals surface area contributed by atoms with Gasteiger partial charge in [0.1, 0.15) is 0 Å². The van der Waals surface area contributed by atoms with Crippen molar-refractivity contribution in [2.75, 3.05) is 6.54 Å². The van der Waals surface area contributed by atoms with Gasteiger partial charge < -0.3 is 5.32 Å². The Hall–Kier alpha value is -2.18. The Morgan fingerprint density at radius 2 is 1.79 bits per heavy atom. The van der Waals surface area contributed by atoms with E-state index < -0.39 is 10.0 Å². The number of hydrogen-bond donors (Lipinski definition) is 2. The minimum atomic E-state index is -3.63. The minimum absolute atomic E-state index is 0.110. The second kappa shape index (κ2) is 7.15. The van der Waals surface area contributed by atoms with E-state index in [9.17, 15) is 13.2 Å². The van der Waals surface area contributed by atoms with Crippen LogP contribution in [0.2, 0.25) is 0 Å². The molecule has 0 bridgehead atoms. The quantitative estimate of drug-likeness (QED) is 0.808. The number of benzene rings is 2. The summed E-state index contributed by atoms with van der Waals surface area (Å²) in [6.45, 7) is 0.310. The Bertz CT molecular complexity index is 815. The van der Waals surface area contributed by atoms with Crippen LogP contribution in [0.3, 0.4) is 0 Å². The van der Waals surface area contributed by atoms with Crippen LogP contribution in [0.4, 0.5) is 0 Å². The van der Waals surface area contributed by atoms with Crippen molar-refractivity contribution in [2.45, 2.75) is 30.2 Å². The normalized spacial score (nSPS) is 14.3. The first-order valence-electron chi connectivity index (χ1n) is 7.99. The van der Waals surface area contributed by atoms with E-state index in [1.54, 1.807) is 12.1 Å². The second-order valence-corrected chi connectivity index (χ2v) is 7.68. The Morgan fingerprint density at radius 3 is 2.50 bits per heavy atom. The van der Waals surface area contributed by atoms with Gasteiger partial charge in [0, 0.05) is 18.2 Å². The van der Waals surface area contributed by atoms with Crippen molar-refractivity contribution in [1.29, 1.82) is 0 Å². The maximum absolute atomic E-state index is 12.4. The van der Waals surface area contributed by atoms with Crippen molar-refractivity contribution in [3.63, 3.8) is 0 Å². The molecular formula is C18H20N2O3S. The fourth-order valence-electron chi connectivity index (χ4n) is 2.36. The molecule has 126 valence electrons. The molecule has 0 saturated heterocycles. The number of carbonyl (C=O) groups is 1. The molecule has 0 atom stereocenters. The maximum Gasteiger partial charge on any atom is 0.251 e. The SMILES string of the molecule is O=C(NC1CC1)c1cccc(S(=O)(=O)NCCc2ccccc2)c1. The summed E-state index contributed by atoms with van der Waals surface area (Å²) in [6, 6.07) is 16.1. The van der Waals surface area contributed by atoms with Crippen molar-refractivity contribution in [3.8, 4) is 0 Å². The predicted molar refractivity (Wildman–Crippen MR) is 92.3 cm³/mol. The van der Waals surface area contributed by atoms with Crippen LogP contribution in [0, 0.1) is 0 Å². The van der Waals surface area contributed by atoms with E-state index in [4.69, 9.17) is 0 Å². The lowest BCUT2D eigenvalue weighted by atomic mass is 10.2. The molecule has 5 nitrogen and oxygen atoms in total. The fourth-order valence-corrected chi connectivity index (χ4v) is 3.44. The van der Waals surface area contributed by atoms with Gasteiger partial charge in [-0.3, -0.25) is 4.79 Å². The van der Waals surface area contributed by atoms with E-state index in [1.807, 2.05) is 30.3 Å². The lowest BCUT2D eigenvalue weighted by Crippen LogP contribution is -2.28. The van der Waals surface area contributed by atoms with Crippen LogP contribution >= 0.6 is 0 Å². The van der Waals surface area contributed by atoms with E-state index >= 15 is 0 Å². The van der Waals surface area contributed by atoms with Crippen LogP contribution in [0.15, 0.2) is 59.5 Å². The summed E-state index contributed by atoms with van der Waals surface area (Å²) in [5.74, 6) is -0.223. The molecule has 1 fully saturated rings. The van der Waals surface area contributed by atoms with Gasteiger partial charge in [-0.15, -0.1) is 0 Å². The Morgan fingerprint density at radius 1 is 1.04 bits per heavy atom. The summed E-state index contributed by atoms with van der Waals surface area (Å²) in [6.07, 6.45) is 2.59. The van der Waals surface area contributed by atoms with Gasteiger partial charge in [0.25, 0.3) is 5.91 Å². The maximum atomic E-state index is 12.4. The summed E-state index contributed by atoms with van der Waals surface area (Å²) in [5.41, 5.74) is 1.44. The number of sulfonamides is 1. The average molecular weight is 344 g/mol. The molecule has 2 aromatic carbocycles. The molecule has 3 rings (SSSR count). The number of amides is 1. The van der Waals surface area contributed by atoms with Crippen molar-refractivity contribution in [3.05, 3.63) is 65.7 Å². The number of hydrogen-bond acceptors (Lipinski definition) is 3. The lowest BCUT2D eigenvalue weighted by molar-refractivity contribution is 0.0951. The highest BCUT2D eigenvalue weighted by Crippen LogP contribution is 2.20. The van der Waals surface area contributed by atoms with Gasteiger partial charge in [0.05, 0.1) is 4.90 Å². The summed E-state index contributed by atoms with van der Waals surface area (Å²) in [5, 5.41) is 2.86. The Balaban J connectivity index is 1.64. The number of nitrogens with one attached hydrogen (secondary N) is 2. The average Bonchev–Trinajstić information content (AvgIpc) is 3.40. The third kappa shape index (κ3) is 4.43. The monoisotopic (exact) mass is 344 g/mol. The molecule has 0 heterocycles. The number of carbonyl (C=O) groups excluding carboxylic acids is 1. The molecule has 24 heavy (non-hydrogen) atoms. The standard InChI is InChI=1S/C18H20N2O3S/c21-18(20-16-9-10-16)15-7-4-8-17(13-15)24(22,23)19-12-11-14-5-2-1-3-6-14/h1-8,13,16,19H,9-12H2,(H,20,21).